The number of rotatable bonds is 2. The molecule has 0 radical (unpaired) electrons. The lowest BCUT2D eigenvalue weighted by Gasteiger charge is -2.17. The maximum absolute atomic E-state index is 12.9. The molecule has 0 saturated carbocycles. The van der Waals surface area contributed by atoms with Gasteiger partial charge in [-0.25, -0.2) is 4.79 Å². The van der Waals surface area contributed by atoms with Crippen LogP contribution in [0.15, 0.2) is 22.8 Å². The van der Waals surface area contributed by atoms with Crippen molar-refractivity contribution in [2.75, 3.05) is 6.61 Å². The first-order chi connectivity index (χ1) is 7.86. The number of hydrogen-bond donors (Lipinski definition) is 0. The van der Waals surface area contributed by atoms with E-state index in [9.17, 15) is 18.0 Å². The highest BCUT2D eigenvalue weighted by atomic mass is 19.4. The minimum Gasteiger partial charge on any atom is -0.463 e. The van der Waals surface area contributed by atoms with Gasteiger partial charge >= 0.3 is 12.1 Å². The number of esters is 1. The van der Waals surface area contributed by atoms with Crippen LogP contribution in [-0.4, -0.2) is 31.0 Å². The molecule has 0 aromatic rings. The zero-order chi connectivity index (χ0) is 12.8. The highest BCUT2D eigenvalue weighted by Gasteiger charge is 2.53. The van der Waals surface area contributed by atoms with E-state index >= 15 is 0 Å². The number of ether oxygens (including phenoxy) is 2. The van der Waals surface area contributed by atoms with Crippen molar-refractivity contribution < 1.29 is 27.4 Å². The van der Waals surface area contributed by atoms with E-state index in [0.29, 0.717) is 5.57 Å². The largest absolute Gasteiger partial charge is 0.463 e. The van der Waals surface area contributed by atoms with Crippen LogP contribution in [0.25, 0.3) is 0 Å². The van der Waals surface area contributed by atoms with Crippen molar-refractivity contribution in [2.24, 2.45) is 0 Å². The maximum Gasteiger partial charge on any atom is 0.416 e. The molecular weight excluding hydrogens is 237 g/mol. The number of halogens is 3. The quantitative estimate of drug-likeness (QED) is 0.554. The average Bonchev–Trinajstić information content (AvgIpc) is 2.72. The van der Waals surface area contributed by atoms with Gasteiger partial charge in [-0.1, -0.05) is 0 Å². The van der Waals surface area contributed by atoms with Crippen molar-refractivity contribution in [2.45, 2.75) is 32.2 Å². The van der Waals surface area contributed by atoms with Crippen molar-refractivity contribution in [1.29, 1.82) is 0 Å². The molecule has 0 fully saturated rings. The van der Waals surface area contributed by atoms with Crippen LogP contribution in [0.3, 0.4) is 0 Å². The summed E-state index contributed by atoms with van der Waals surface area (Å²) in [6, 6.07) is 0. The van der Waals surface area contributed by atoms with Crippen molar-refractivity contribution in [1.82, 2.24) is 0 Å². The Morgan fingerprint density at radius 3 is 2.71 bits per heavy atom. The first-order valence-electron chi connectivity index (χ1n) is 5.18. The molecule has 0 aromatic heterocycles. The van der Waals surface area contributed by atoms with Gasteiger partial charge in [-0.05, 0) is 25.5 Å². The first-order valence-corrected chi connectivity index (χ1v) is 5.18. The van der Waals surface area contributed by atoms with E-state index in [4.69, 9.17) is 4.74 Å². The molecule has 0 saturated heterocycles. The number of carbonyl (C=O) groups excluding carboxylic acids is 1. The minimum absolute atomic E-state index is 0.0353. The summed E-state index contributed by atoms with van der Waals surface area (Å²) >= 11 is 0. The standard InChI is InChI=1S/C11H11F3O3/c1-3-16-10(15)7-6-4-5(2)9(17-6)8(7)11(12,13)14/h4,6,9H,3H2,1-2H3. The van der Waals surface area contributed by atoms with Crippen molar-refractivity contribution in [3.8, 4) is 0 Å². The van der Waals surface area contributed by atoms with Gasteiger partial charge in [0, 0.05) is 0 Å². The normalized spacial score (nSPS) is 27.5. The van der Waals surface area contributed by atoms with E-state index in [-0.39, 0.29) is 6.61 Å². The summed E-state index contributed by atoms with van der Waals surface area (Å²) in [4.78, 5) is 11.5. The summed E-state index contributed by atoms with van der Waals surface area (Å²) in [5.41, 5.74) is -0.841. The van der Waals surface area contributed by atoms with Gasteiger partial charge in [-0.3, -0.25) is 0 Å². The average molecular weight is 248 g/mol. The Bertz CT molecular complexity index is 420. The van der Waals surface area contributed by atoms with Crippen LogP contribution in [0.5, 0.6) is 0 Å². The number of alkyl halides is 3. The molecule has 0 amide bonds. The number of carbonyl (C=O) groups is 1. The zero-order valence-electron chi connectivity index (χ0n) is 9.30. The lowest BCUT2D eigenvalue weighted by molar-refractivity contribution is -0.140. The van der Waals surface area contributed by atoms with E-state index in [1.54, 1.807) is 13.8 Å². The summed E-state index contributed by atoms with van der Waals surface area (Å²) in [6.45, 7) is 3.13. The third-order valence-electron chi connectivity index (χ3n) is 2.75. The van der Waals surface area contributed by atoms with Crippen LogP contribution in [0, 0.1) is 0 Å². The van der Waals surface area contributed by atoms with Gasteiger partial charge in [0.15, 0.2) is 0 Å². The molecule has 2 unspecified atom stereocenters. The molecule has 2 rings (SSSR count). The maximum atomic E-state index is 12.9. The Morgan fingerprint density at radius 2 is 2.18 bits per heavy atom. The molecular formula is C11H11F3O3. The molecule has 0 spiro atoms. The van der Waals surface area contributed by atoms with Crippen LogP contribution in [0.1, 0.15) is 13.8 Å². The fraction of sp³-hybridized carbons (Fsp3) is 0.545. The highest BCUT2D eigenvalue weighted by Crippen LogP contribution is 2.46. The second kappa shape index (κ2) is 3.87. The Hall–Kier alpha value is -1.30. The number of fused-ring (bicyclic) bond motifs is 2. The molecule has 6 heteroatoms. The topological polar surface area (TPSA) is 35.5 Å². The van der Waals surface area contributed by atoms with E-state index < -0.39 is 35.5 Å². The lowest BCUT2D eigenvalue weighted by atomic mass is 9.92. The van der Waals surface area contributed by atoms with Crippen LogP contribution in [0.4, 0.5) is 13.2 Å². The number of hydrogen-bond acceptors (Lipinski definition) is 3. The molecule has 17 heavy (non-hydrogen) atoms. The van der Waals surface area contributed by atoms with Gasteiger partial charge in [0.05, 0.1) is 17.8 Å². The van der Waals surface area contributed by atoms with E-state index in [1.165, 1.54) is 6.08 Å². The van der Waals surface area contributed by atoms with Crippen LogP contribution < -0.4 is 0 Å². The molecule has 0 aliphatic carbocycles. The van der Waals surface area contributed by atoms with Crippen LogP contribution in [-0.2, 0) is 14.3 Å². The molecule has 3 nitrogen and oxygen atoms in total. The van der Waals surface area contributed by atoms with Crippen molar-refractivity contribution in [3.05, 3.63) is 22.8 Å². The zero-order valence-corrected chi connectivity index (χ0v) is 9.30. The van der Waals surface area contributed by atoms with Gasteiger partial charge in [0.1, 0.15) is 12.2 Å². The smallest absolute Gasteiger partial charge is 0.416 e. The van der Waals surface area contributed by atoms with Gasteiger partial charge in [0.25, 0.3) is 0 Å². The molecule has 2 aliphatic heterocycles. The summed E-state index contributed by atoms with van der Waals surface area (Å²) in [5.74, 6) is -0.948. The molecule has 2 atom stereocenters. The SMILES string of the molecule is CCOC(=O)C1=C(C(F)(F)F)C2OC1C=C2C. The minimum atomic E-state index is -4.57. The fourth-order valence-electron chi connectivity index (χ4n) is 2.10. The van der Waals surface area contributed by atoms with Gasteiger partial charge in [-0.15, -0.1) is 0 Å². The lowest BCUT2D eigenvalue weighted by Crippen LogP contribution is -2.26. The van der Waals surface area contributed by atoms with Gasteiger partial charge in [0.2, 0.25) is 0 Å². The third-order valence-corrected chi connectivity index (χ3v) is 2.75. The molecule has 0 N–H and O–H groups in total. The predicted octanol–water partition coefficient (Wildman–Crippen LogP) is 2.14. The molecule has 2 bridgehead atoms. The van der Waals surface area contributed by atoms with E-state index in [2.05, 4.69) is 4.74 Å². The Kier molecular flexibility index (Phi) is 2.77. The van der Waals surface area contributed by atoms with Gasteiger partial charge in [-0.2, -0.15) is 13.2 Å². The van der Waals surface area contributed by atoms with E-state index in [0.717, 1.165) is 0 Å². The Balaban J connectivity index is 2.42. The predicted molar refractivity (Wildman–Crippen MR) is 52.1 cm³/mol. The van der Waals surface area contributed by atoms with E-state index in [1.807, 2.05) is 0 Å². The highest BCUT2D eigenvalue weighted by molar-refractivity contribution is 5.93. The Morgan fingerprint density at radius 1 is 1.53 bits per heavy atom. The summed E-state index contributed by atoms with van der Waals surface area (Å²) < 4.78 is 48.4. The summed E-state index contributed by atoms with van der Waals surface area (Å²) in [6.07, 6.45) is -5.13. The monoisotopic (exact) mass is 248 g/mol. The first kappa shape index (κ1) is 12.2. The Labute approximate surface area is 95.9 Å². The second-order valence-electron chi connectivity index (χ2n) is 3.89. The second-order valence-corrected chi connectivity index (χ2v) is 3.89. The van der Waals surface area contributed by atoms with Crippen molar-refractivity contribution >= 4 is 5.97 Å². The van der Waals surface area contributed by atoms with Crippen LogP contribution in [0.2, 0.25) is 0 Å². The molecule has 94 valence electrons. The summed E-state index contributed by atoms with van der Waals surface area (Å²) in [5, 5.41) is 0. The van der Waals surface area contributed by atoms with Crippen molar-refractivity contribution in [3.63, 3.8) is 0 Å². The summed E-state index contributed by atoms with van der Waals surface area (Å²) in [7, 11) is 0. The molecule has 0 aromatic carbocycles. The van der Waals surface area contributed by atoms with Crippen LogP contribution >= 0.6 is 0 Å². The molecule has 2 heterocycles. The van der Waals surface area contributed by atoms with Gasteiger partial charge < -0.3 is 9.47 Å². The fourth-order valence-corrected chi connectivity index (χ4v) is 2.10. The molecule has 2 aliphatic rings. The third kappa shape index (κ3) is 1.86.